The summed E-state index contributed by atoms with van der Waals surface area (Å²) < 4.78 is 1.54. The lowest BCUT2D eigenvalue weighted by molar-refractivity contribution is 0.242. The van der Waals surface area contributed by atoms with E-state index in [1.807, 2.05) is 24.3 Å². The van der Waals surface area contributed by atoms with Crippen LogP contribution < -0.4 is 10.5 Å². The first kappa shape index (κ1) is 19.3. The van der Waals surface area contributed by atoms with Crippen LogP contribution >= 0.6 is 0 Å². The summed E-state index contributed by atoms with van der Waals surface area (Å²) in [5.41, 5.74) is 3.03. The molecule has 5 rings (SSSR count). The molecule has 0 atom stereocenters. The molecule has 0 saturated carbocycles. The van der Waals surface area contributed by atoms with Crippen molar-refractivity contribution in [2.24, 2.45) is 0 Å². The topological polar surface area (TPSA) is 92.9 Å². The SMILES string of the molecule is O=c1ccc(-c2cccnc2)nn1CCN1CCN(c2ccc3nccnc3n2)CC1. The molecular formula is C22H22N8O. The van der Waals surface area contributed by atoms with Gasteiger partial charge in [0.1, 0.15) is 11.3 Å². The first-order valence-electron chi connectivity index (χ1n) is 10.3. The molecule has 1 aliphatic rings. The van der Waals surface area contributed by atoms with Crippen molar-refractivity contribution < 1.29 is 0 Å². The van der Waals surface area contributed by atoms with E-state index < -0.39 is 0 Å². The predicted octanol–water partition coefficient (Wildman–Crippen LogP) is 1.47. The van der Waals surface area contributed by atoms with Crippen LogP contribution in [0.15, 0.2) is 66.0 Å². The van der Waals surface area contributed by atoms with Crippen molar-refractivity contribution in [1.29, 1.82) is 0 Å². The highest BCUT2D eigenvalue weighted by Gasteiger charge is 2.18. The van der Waals surface area contributed by atoms with Crippen molar-refractivity contribution in [1.82, 2.24) is 34.6 Å². The third-order valence-electron chi connectivity index (χ3n) is 5.47. The summed E-state index contributed by atoms with van der Waals surface area (Å²) in [6, 6.07) is 11.1. The number of aromatic nitrogens is 6. The minimum absolute atomic E-state index is 0.0900. The van der Waals surface area contributed by atoms with Crippen LogP contribution in [0.5, 0.6) is 0 Å². The summed E-state index contributed by atoms with van der Waals surface area (Å²) >= 11 is 0. The third kappa shape index (κ3) is 4.26. The van der Waals surface area contributed by atoms with Gasteiger partial charge in [-0.2, -0.15) is 5.10 Å². The van der Waals surface area contributed by atoms with Crippen molar-refractivity contribution in [3.63, 3.8) is 0 Å². The molecule has 31 heavy (non-hydrogen) atoms. The van der Waals surface area contributed by atoms with E-state index in [1.54, 1.807) is 36.9 Å². The Kier molecular flexibility index (Phi) is 5.32. The number of nitrogens with zero attached hydrogens (tertiary/aromatic N) is 8. The lowest BCUT2D eigenvalue weighted by atomic mass is 10.2. The third-order valence-corrected chi connectivity index (χ3v) is 5.47. The Balaban J connectivity index is 1.21. The highest BCUT2D eigenvalue weighted by Crippen LogP contribution is 2.17. The van der Waals surface area contributed by atoms with Crippen molar-refractivity contribution in [3.05, 3.63) is 71.5 Å². The molecule has 0 N–H and O–H groups in total. The molecule has 5 heterocycles. The Morgan fingerprint density at radius 3 is 2.58 bits per heavy atom. The molecule has 0 radical (unpaired) electrons. The molecule has 4 aromatic rings. The highest BCUT2D eigenvalue weighted by atomic mass is 16.1. The Morgan fingerprint density at radius 2 is 1.74 bits per heavy atom. The quantitative estimate of drug-likeness (QED) is 0.485. The van der Waals surface area contributed by atoms with Gasteiger partial charge in [-0.05, 0) is 30.3 Å². The number of anilines is 1. The molecule has 0 amide bonds. The van der Waals surface area contributed by atoms with E-state index in [2.05, 4.69) is 34.8 Å². The summed E-state index contributed by atoms with van der Waals surface area (Å²) in [4.78, 5) is 34.2. The molecule has 9 heteroatoms. The molecule has 1 fully saturated rings. The summed E-state index contributed by atoms with van der Waals surface area (Å²) in [7, 11) is 0. The average Bonchev–Trinajstić information content (AvgIpc) is 2.84. The van der Waals surface area contributed by atoms with Gasteiger partial charge >= 0.3 is 0 Å². The van der Waals surface area contributed by atoms with Gasteiger partial charge in [-0.1, -0.05) is 0 Å². The van der Waals surface area contributed by atoms with Crippen LogP contribution in [0.1, 0.15) is 0 Å². The van der Waals surface area contributed by atoms with E-state index in [1.165, 1.54) is 4.68 Å². The molecule has 0 bridgehead atoms. The number of hydrogen-bond acceptors (Lipinski definition) is 8. The van der Waals surface area contributed by atoms with Crippen LogP contribution in [0.4, 0.5) is 5.82 Å². The van der Waals surface area contributed by atoms with Gasteiger partial charge in [-0.3, -0.25) is 19.7 Å². The van der Waals surface area contributed by atoms with Crippen LogP contribution in [-0.4, -0.2) is 67.3 Å². The summed E-state index contributed by atoms with van der Waals surface area (Å²) in [5, 5.41) is 4.52. The van der Waals surface area contributed by atoms with Crippen LogP contribution in [0.25, 0.3) is 22.4 Å². The van der Waals surface area contributed by atoms with Gasteiger partial charge in [0.05, 0.1) is 12.2 Å². The molecule has 1 aliphatic heterocycles. The second-order valence-electron chi connectivity index (χ2n) is 7.42. The lowest BCUT2D eigenvalue weighted by Gasteiger charge is -2.35. The number of fused-ring (bicyclic) bond motifs is 1. The van der Waals surface area contributed by atoms with Crippen LogP contribution in [0.2, 0.25) is 0 Å². The molecule has 0 aromatic carbocycles. The average molecular weight is 414 g/mol. The largest absolute Gasteiger partial charge is 0.354 e. The highest BCUT2D eigenvalue weighted by molar-refractivity contribution is 5.71. The van der Waals surface area contributed by atoms with Crippen molar-refractivity contribution in [3.8, 4) is 11.3 Å². The maximum absolute atomic E-state index is 12.3. The van der Waals surface area contributed by atoms with Gasteiger partial charge in [-0.25, -0.2) is 14.6 Å². The molecule has 0 spiro atoms. The number of pyridine rings is 2. The zero-order valence-electron chi connectivity index (χ0n) is 17.0. The molecule has 1 saturated heterocycles. The van der Waals surface area contributed by atoms with Crippen LogP contribution in [-0.2, 0) is 6.54 Å². The minimum atomic E-state index is -0.0900. The summed E-state index contributed by atoms with van der Waals surface area (Å²) in [6.45, 7) is 4.87. The molecular weight excluding hydrogens is 392 g/mol. The maximum Gasteiger partial charge on any atom is 0.266 e. The summed E-state index contributed by atoms with van der Waals surface area (Å²) in [5.74, 6) is 0.926. The number of hydrogen-bond donors (Lipinski definition) is 0. The molecule has 156 valence electrons. The fraction of sp³-hybridized carbons (Fsp3) is 0.273. The van der Waals surface area contributed by atoms with Crippen LogP contribution in [0.3, 0.4) is 0 Å². The van der Waals surface area contributed by atoms with E-state index in [0.29, 0.717) is 12.2 Å². The first-order valence-corrected chi connectivity index (χ1v) is 10.3. The standard InChI is InChI=1S/C22H22N8O/c31-21-6-4-18(17-2-1-7-23-16-17)27-30(21)15-12-28-10-13-29(14-11-28)20-5-3-19-22(26-20)25-9-8-24-19/h1-9,16H,10-15H2. The molecule has 0 unspecified atom stereocenters. The fourth-order valence-corrected chi connectivity index (χ4v) is 3.73. The van der Waals surface area contributed by atoms with E-state index in [4.69, 9.17) is 0 Å². The lowest BCUT2D eigenvalue weighted by Crippen LogP contribution is -2.48. The Labute approximate surface area is 179 Å². The van der Waals surface area contributed by atoms with E-state index in [9.17, 15) is 4.79 Å². The monoisotopic (exact) mass is 414 g/mol. The van der Waals surface area contributed by atoms with Gasteiger partial charge in [0.25, 0.3) is 5.56 Å². The number of rotatable bonds is 5. The Hall–Kier alpha value is -3.72. The van der Waals surface area contributed by atoms with E-state index >= 15 is 0 Å². The predicted molar refractivity (Wildman–Crippen MR) is 118 cm³/mol. The zero-order valence-corrected chi connectivity index (χ0v) is 17.0. The number of piperazine rings is 1. The smallest absolute Gasteiger partial charge is 0.266 e. The fourth-order valence-electron chi connectivity index (χ4n) is 3.73. The van der Waals surface area contributed by atoms with Gasteiger partial charge in [0.15, 0.2) is 5.65 Å². The van der Waals surface area contributed by atoms with Gasteiger partial charge in [0.2, 0.25) is 0 Å². The van der Waals surface area contributed by atoms with Gasteiger partial charge in [0, 0.05) is 69.1 Å². The van der Waals surface area contributed by atoms with Crippen molar-refractivity contribution in [2.45, 2.75) is 6.54 Å². The minimum Gasteiger partial charge on any atom is -0.354 e. The van der Waals surface area contributed by atoms with E-state index in [-0.39, 0.29) is 5.56 Å². The van der Waals surface area contributed by atoms with Crippen molar-refractivity contribution >= 4 is 17.0 Å². The molecule has 0 aliphatic carbocycles. The van der Waals surface area contributed by atoms with Crippen LogP contribution in [0, 0.1) is 0 Å². The second kappa shape index (κ2) is 8.57. The van der Waals surface area contributed by atoms with E-state index in [0.717, 1.165) is 55.3 Å². The van der Waals surface area contributed by atoms with Gasteiger partial charge < -0.3 is 4.90 Å². The van der Waals surface area contributed by atoms with Crippen molar-refractivity contribution in [2.75, 3.05) is 37.6 Å². The molecule has 9 nitrogen and oxygen atoms in total. The second-order valence-corrected chi connectivity index (χ2v) is 7.42. The Bertz CT molecular complexity index is 1230. The normalized spacial score (nSPS) is 14.8. The Morgan fingerprint density at radius 1 is 0.871 bits per heavy atom. The maximum atomic E-state index is 12.3. The first-order chi connectivity index (χ1) is 15.3. The molecule has 4 aromatic heterocycles. The zero-order chi connectivity index (χ0) is 21.0. The summed E-state index contributed by atoms with van der Waals surface area (Å²) in [6.07, 6.45) is 6.81. The van der Waals surface area contributed by atoms with Gasteiger partial charge in [-0.15, -0.1) is 0 Å².